The van der Waals surface area contributed by atoms with Gasteiger partial charge >= 0.3 is 0 Å². The minimum absolute atomic E-state index is 0.0303. The van der Waals surface area contributed by atoms with Crippen LogP contribution in [0.1, 0.15) is 11.3 Å². The predicted octanol–water partition coefficient (Wildman–Crippen LogP) is 0.00742. The molecule has 0 fully saturated rings. The average molecular weight is 193 g/mol. The normalized spacial score (nSPS) is 9.86. The molecule has 0 aliphatic carbocycles. The van der Waals surface area contributed by atoms with E-state index in [4.69, 9.17) is 5.73 Å². The fraction of sp³-hybridized carbons (Fsp3) is 0.400. The van der Waals surface area contributed by atoms with Crippen molar-refractivity contribution in [1.29, 1.82) is 0 Å². The lowest BCUT2D eigenvalue weighted by Gasteiger charge is -2.04. The zero-order valence-electron chi connectivity index (χ0n) is 8.29. The van der Waals surface area contributed by atoms with Gasteiger partial charge in [-0.1, -0.05) is 6.07 Å². The predicted molar refractivity (Wildman–Crippen MR) is 54.7 cm³/mol. The van der Waals surface area contributed by atoms with E-state index in [0.717, 1.165) is 11.3 Å². The van der Waals surface area contributed by atoms with Gasteiger partial charge in [-0.15, -0.1) is 0 Å². The van der Waals surface area contributed by atoms with Crippen molar-refractivity contribution in [2.75, 3.05) is 13.1 Å². The summed E-state index contributed by atoms with van der Waals surface area (Å²) in [7, 11) is 0. The quantitative estimate of drug-likeness (QED) is 0.707. The van der Waals surface area contributed by atoms with Crippen molar-refractivity contribution in [3.05, 3.63) is 29.6 Å². The van der Waals surface area contributed by atoms with Crippen LogP contribution in [0.3, 0.4) is 0 Å². The van der Waals surface area contributed by atoms with E-state index in [1.54, 1.807) is 6.20 Å². The fourth-order valence-corrected chi connectivity index (χ4v) is 1.13. The first-order chi connectivity index (χ1) is 6.74. The number of rotatable bonds is 4. The summed E-state index contributed by atoms with van der Waals surface area (Å²) in [5, 5.41) is 2.70. The van der Waals surface area contributed by atoms with Gasteiger partial charge in [-0.2, -0.15) is 0 Å². The first kappa shape index (κ1) is 10.7. The molecule has 0 bridgehead atoms. The van der Waals surface area contributed by atoms with E-state index >= 15 is 0 Å². The van der Waals surface area contributed by atoms with Crippen LogP contribution >= 0.6 is 0 Å². The third-order valence-electron chi connectivity index (χ3n) is 1.91. The summed E-state index contributed by atoms with van der Waals surface area (Å²) in [4.78, 5) is 15.5. The maximum absolute atomic E-state index is 11.3. The number of carbonyl (C=O) groups is 1. The Hall–Kier alpha value is -1.42. The topological polar surface area (TPSA) is 68.0 Å². The molecular weight excluding hydrogens is 178 g/mol. The highest BCUT2D eigenvalue weighted by molar-refractivity contribution is 5.78. The molecule has 1 rings (SSSR count). The standard InChI is InChI=1S/C10H15N3O/c1-8-3-2-5-12-9(8)7-10(14)13-6-4-11/h2-3,5H,4,6-7,11H2,1H3,(H,13,14). The molecule has 0 aliphatic rings. The molecule has 0 aromatic carbocycles. The van der Waals surface area contributed by atoms with Crippen LogP contribution < -0.4 is 11.1 Å². The van der Waals surface area contributed by atoms with Crippen LogP contribution in [-0.4, -0.2) is 24.0 Å². The average Bonchev–Trinajstić information content (AvgIpc) is 2.18. The van der Waals surface area contributed by atoms with Gasteiger partial charge < -0.3 is 11.1 Å². The highest BCUT2D eigenvalue weighted by Gasteiger charge is 2.05. The van der Waals surface area contributed by atoms with Gasteiger partial charge in [-0.05, 0) is 18.6 Å². The van der Waals surface area contributed by atoms with E-state index in [1.165, 1.54) is 0 Å². The largest absolute Gasteiger partial charge is 0.354 e. The molecule has 0 unspecified atom stereocenters. The molecule has 0 saturated carbocycles. The molecular formula is C10H15N3O. The number of nitrogens with zero attached hydrogens (tertiary/aromatic N) is 1. The number of amides is 1. The molecule has 0 aliphatic heterocycles. The van der Waals surface area contributed by atoms with E-state index in [2.05, 4.69) is 10.3 Å². The number of carbonyl (C=O) groups excluding carboxylic acids is 1. The molecule has 1 heterocycles. The molecule has 0 saturated heterocycles. The number of nitrogens with one attached hydrogen (secondary N) is 1. The van der Waals surface area contributed by atoms with E-state index in [0.29, 0.717) is 19.5 Å². The Kier molecular flexibility index (Phi) is 4.07. The summed E-state index contributed by atoms with van der Waals surface area (Å²) >= 11 is 0. The second-order valence-corrected chi connectivity index (χ2v) is 3.08. The second-order valence-electron chi connectivity index (χ2n) is 3.08. The highest BCUT2D eigenvalue weighted by Crippen LogP contribution is 2.03. The van der Waals surface area contributed by atoms with Crippen molar-refractivity contribution >= 4 is 5.91 Å². The first-order valence-electron chi connectivity index (χ1n) is 4.61. The molecule has 4 heteroatoms. The van der Waals surface area contributed by atoms with Crippen LogP contribution in [0.2, 0.25) is 0 Å². The van der Waals surface area contributed by atoms with Gasteiger partial charge in [0.25, 0.3) is 0 Å². The Morgan fingerprint density at radius 3 is 3.07 bits per heavy atom. The number of hydrogen-bond acceptors (Lipinski definition) is 3. The van der Waals surface area contributed by atoms with Gasteiger partial charge in [0.05, 0.1) is 12.1 Å². The van der Waals surface area contributed by atoms with E-state index in [9.17, 15) is 4.79 Å². The van der Waals surface area contributed by atoms with Crippen molar-refractivity contribution in [3.63, 3.8) is 0 Å². The Morgan fingerprint density at radius 2 is 2.43 bits per heavy atom. The number of pyridine rings is 1. The summed E-state index contributed by atoms with van der Waals surface area (Å²) in [5.41, 5.74) is 7.13. The third kappa shape index (κ3) is 3.14. The Morgan fingerprint density at radius 1 is 1.64 bits per heavy atom. The molecule has 0 spiro atoms. The van der Waals surface area contributed by atoms with Crippen LogP contribution in [0.4, 0.5) is 0 Å². The Labute approximate surface area is 83.5 Å². The summed E-state index contributed by atoms with van der Waals surface area (Å²) in [6, 6.07) is 3.80. The van der Waals surface area contributed by atoms with E-state index < -0.39 is 0 Å². The minimum Gasteiger partial charge on any atom is -0.354 e. The fourth-order valence-electron chi connectivity index (χ4n) is 1.13. The van der Waals surface area contributed by atoms with Gasteiger partial charge in [0, 0.05) is 19.3 Å². The van der Waals surface area contributed by atoms with E-state index in [-0.39, 0.29) is 5.91 Å². The second kappa shape index (κ2) is 5.34. The zero-order valence-corrected chi connectivity index (χ0v) is 8.29. The van der Waals surface area contributed by atoms with Gasteiger partial charge in [0.1, 0.15) is 0 Å². The maximum Gasteiger partial charge on any atom is 0.226 e. The van der Waals surface area contributed by atoms with Crippen LogP contribution in [0.15, 0.2) is 18.3 Å². The van der Waals surface area contributed by atoms with Gasteiger partial charge in [-0.3, -0.25) is 9.78 Å². The van der Waals surface area contributed by atoms with Gasteiger partial charge in [-0.25, -0.2) is 0 Å². The van der Waals surface area contributed by atoms with Crippen LogP contribution in [0, 0.1) is 6.92 Å². The van der Waals surface area contributed by atoms with Crippen molar-refractivity contribution in [2.45, 2.75) is 13.3 Å². The number of aryl methyl sites for hydroxylation is 1. The monoisotopic (exact) mass is 193 g/mol. The summed E-state index contributed by atoms with van der Waals surface area (Å²) in [6.45, 7) is 2.93. The van der Waals surface area contributed by atoms with Gasteiger partial charge in [0.2, 0.25) is 5.91 Å². The Balaban J connectivity index is 2.52. The van der Waals surface area contributed by atoms with Gasteiger partial charge in [0.15, 0.2) is 0 Å². The lowest BCUT2D eigenvalue weighted by molar-refractivity contribution is -0.120. The van der Waals surface area contributed by atoms with Crippen LogP contribution in [-0.2, 0) is 11.2 Å². The molecule has 0 radical (unpaired) electrons. The minimum atomic E-state index is -0.0303. The number of hydrogen-bond donors (Lipinski definition) is 2. The molecule has 1 amide bonds. The molecule has 14 heavy (non-hydrogen) atoms. The molecule has 76 valence electrons. The molecule has 3 N–H and O–H groups in total. The van der Waals surface area contributed by atoms with Crippen molar-refractivity contribution < 1.29 is 4.79 Å². The van der Waals surface area contributed by atoms with E-state index in [1.807, 2.05) is 19.1 Å². The first-order valence-corrected chi connectivity index (χ1v) is 4.61. The van der Waals surface area contributed by atoms with Crippen molar-refractivity contribution in [1.82, 2.24) is 10.3 Å². The summed E-state index contributed by atoms with van der Waals surface area (Å²) < 4.78 is 0. The van der Waals surface area contributed by atoms with Crippen molar-refractivity contribution in [3.8, 4) is 0 Å². The molecule has 1 aromatic heterocycles. The summed E-state index contributed by atoms with van der Waals surface area (Å²) in [6.07, 6.45) is 2.02. The Bertz CT molecular complexity index is 312. The molecule has 4 nitrogen and oxygen atoms in total. The van der Waals surface area contributed by atoms with Crippen molar-refractivity contribution in [2.24, 2.45) is 5.73 Å². The van der Waals surface area contributed by atoms with Crippen LogP contribution in [0.5, 0.6) is 0 Å². The summed E-state index contributed by atoms with van der Waals surface area (Å²) in [5.74, 6) is -0.0303. The molecule has 1 aromatic rings. The third-order valence-corrected chi connectivity index (χ3v) is 1.91. The number of aromatic nitrogens is 1. The lowest BCUT2D eigenvalue weighted by Crippen LogP contribution is -2.30. The smallest absolute Gasteiger partial charge is 0.226 e. The maximum atomic E-state index is 11.3. The zero-order chi connectivity index (χ0) is 10.4. The molecule has 0 atom stereocenters. The lowest BCUT2D eigenvalue weighted by atomic mass is 10.1. The van der Waals surface area contributed by atoms with Crippen LogP contribution in [0.25, 0.3) is 0 Å². The SMILES string of the molecule is Cc1cccnc1CC(=O)NCCN. The highest BCUT2D eigenvalue weighted by atomic mass is 16.1. The number of nitrogens with two attached hydrogens (primary N) is 1.